The summed E-state index contributed by atoms with van der Waals surface area (Å²) in [6, 6.07) is 6.23. The van der Waals surface area contributed by atoms with E-state index in [2.05, 4.69) is 0 Å². The summed E-state index contributed by atoms with van der Waals surface area (Å²) in [5.74, 6) is 0.443. The van der Waals surface area contributed by atoms with E-state index < -0.39 is 11.8 Å². The molecule has 0 bridgehead atoms. The van der Waals surface area contributed by atoms with Gasteiger partial charge in [0.25, 0.3) is 0 Å². The summed E-state index contributed by atoms with van der Waals surface area (Å²) in [5.41, 5.74) is 3.61. The van der Waals surface area contributed by atoms with Crippen molar-refractivity contribution in [3.05, 3.63) is 29.8 Å². The number of hydrogen-bond donors (Lipinski definition) is 1. The molecule has 2 aliphatic rings. The predicted molar refractivity (Wildman–Crippen MR) is 66.4 cm³/mol. The summed E-state index contributed by atoms with van der Waals surface area (Å²) in [5, 5.41) is 0. The molecule has 3 rings (SSSR count). The lowest BCUT2D eigenvalue weighted by atomic mass is 9.85. The van der Waals surface area contributed by atoms with Crippen molar-refractivity contribution >= 4 is 0 Å². The number of benzene rings is 1. The average Bonchev–Trinajstić information content (AvgIpc) is 2.24. The third-order valence-electron chi connectivity index (χ3n) is 3.99. The molecule has 0 radical (unpaired) electrons. The van der Waals surface area contributed by atoms with E-state index in [1.165, 1.54) is 12.1 Å². The molecule has 2 fully saturated rings. The van der Waals surface area contributed by atoms with E-state index in [1.54, 1.807) is 12.1 Å². The quantitative estimate of drug-likeness (QED) is 0.929. The van der Waals surface area contributed by atoms with Crippen molar-refractivity contribution in [1.82, 2.24) is 0 Å². The van der Waals surface area contributed by atoms with Crippen molar-refractivity contribution in [2.24, 2.45) is 5.73 Å². The van der Waals surface area contributed by atoms with Gasteiger partial charge in [0, 0.05) is 12.5 Å². The molecule has 0 spiro atoms. The Morgan fingerprint density at radius 1 is 1.30 bits per heavy atom. The molecule has 1 saturated carbocycles. The van der Waals surface area contributed by atoms with E-state index >= 15 is 0 Å². The number of ether oxygens (including phenoxy) is 2. The molecular weight excluding hydrogens is 271 g/mol. The minimum absolute atomic E-state index is 0.00407. The SMILES string of the molecule is N[C@H]1C[C@H](Oc2cccc(C3(C(F)(F)F)CCO3)c2)C1. The maximum absolute atomic E-state index is 13.2. The third-order valence-corrected chi connectivity index (χ3v) is 3.99. The van der Waals surface area contributed by atoms with E-state index in [9.17, 15) is 13.2 Å². The Bertz CT molecular complexity index is 493. The molecule has 1 unspecified atom stereocenters. The summed E-state index contributed by atoms with van der Waals surface area (Å²) in [6.07, 6.45) is -2.97. The fraction of sp³-hybridized carbons (Fsp3) is 0.571. The minimum atomic E-state index is -4.41. The van der Waals surface area contributed by atoms with Crippen LogP contribution in [0.4, 0.5) is 13.2 Å². The molecule has 1 aromatic carbocycles. The molecule has 3 nitrogen and oxygen atoms in total. The largest absolute Gasteiger partial charge is 0.490 e. The average molecular weight is 287 g/mol. The Labute approximate surface area is 114 Å². The van der Waals surface area contributed by atoms with Crippen molar-refractivity contribution < 1.29 is 22.6 Å². The highest BCUT2D eigenvalue weighted by Crippen LogP contribution is 2.50. The summed E-state index contributed by atoms with van der Waals surface area (Å²) < 4.78 is 50.1. The van der Waals surface area contributed by atoms with Crippen LogP contribution in [-0.4, -0.2) is 24.9 Å². The van der Waals surface area contributed by atoms with Gasteiger partial charge in [-0.1, -0.05) is 12.1 Å². The lowest BCUT2D eigenvalue weighted by Gasteiger charge is -2.43. The van der Waals surface area contributed by atoms with Gasteiger partial charge < -0.3 is 15.2 Å². The van der Waals surface area contributed by atoms with Crippen LogP contribution in [0.25, 0.3) is 0 Å². The monoisotopic (exact) mass is 287 g/mol. The molecule has 1 heterocycles. The van der Waals surface area contributed by atoms with Crippen molar-refractivity contribution in [3.8, 4) is 5.75 Å². The second-order valence-electron chi connectivity index (χ2n) is 5.42. The van der Waals surface area contributed by atoms with Crippen molar-refractivity contribution in [2.45, 2.75) is 43.2 Å². The molecule has 2 N–H and O–H groups in total. The summed E-state index contributed by atoms with van der Waals surface area (Å²) in [7, 11) is 0. The predicted octanol–water partition coefficient (Wildman–Crippen LogP) is 2.73. The summed E-state index contributed by atoms with van der Waals surface area (Å²) >= 11 is 0. The van der Waals surface area contributed by atoms with Gasteiger partial charge in [-0.05, 0) is 30.5 Å². The van der Waals surface area contributed by atoms with Crippen LogP contribution in [0.15, 0.2) is 24.3 Å². The highest BCUT2D eigenvalue weighted by molar-refractivity contribution is 5.35. The van der Waals surface area contributed by atoms with E-state index in [4.69, 9.17) is 15.2 Å². The number of hydrogen-bond acceptors (Lipinski definition) is 3. The van der Waals surface area contributed by atoms with Crippen molar-refractivity contribution in [3.63, 3.8) is 0 Å². The Kier molecular flexibility index (Phi) is 3.17. The Morgan fingerprint density at radius 3 is 2.50 bits per heavy atom. The van der Waals surface area contributed by atoms with Gasteiger partial charge in [0.05, 0.1) is 6.61 Å². The molecule has 0 amide bonds. The normalized spacial score (nSPS) is 33.2. The van der Waals surface area contributed by atoms with Crippen molar-refractivity contribution in [1.29, 1.82) is 0 Å². The van der Waals surface area contributed by atoms with Gasteiger partial charge in [-0.25, -0.2) is 0 Å². The molecular formula is C14H16F3NO2. The second-order valence-corrected chi connectivity index (χ2v) is 5.42. The van der Waals surface area contributed by atoms with E-state index in [1.807, 2.05) is 0 Å². The summed E-state index contributed by atoms with van der Waals surface area (Å²) in [6.45, 7) is 0.127. The van der Waals surface area contributed by atoms with Gasteiger partial charge in [-0.2, -0.15) is 13.2 Å². The first-order chi connectivity index (χ1) is 9.41. The highest BCUT2D eigenvalue weighted by atomic mass is 19.4. The molecule has 1 aliphatic heterocycles. The zero-order chi connectivity index (χ0) is 14.4. The zero-order valence-corrected chi connectivity index (χ0v) is 10.8. The maximum Gasteiger partial charge on any atom is 0.421 e. The molecule has 1 aromatic rings. The molecule has 1 saturated heterocycles. The Balaban J connectivity index is 1.80. The first-order valence-electron chi connectivity index (χ1n) is 6.64. The Hall–Kier alpha value is -1.27. The van der Waals surface area contributed by atoms with Gasteiger partial charge >= 0.3 is 6.18 Å². The lowest BCUT2D eigenvalue weighted by molar-refractivity contribution is -0.333. The van der Waals surface area contributed by atoms with Gasteiger partial charge in [-0.3, -0.25) is 0 Å². The highest BCUT2D eigenvalue weighted by Gasteiger charge is 2.61. The van der Waals surface area contributed by atoms with Gasteiger partial charge in [0.2, 0.25) is 0 Å². The van der Waals surface area contributed by atoms with Crippen LogP contribution in [0, 0.1) is 0 Å². The van der Waals surface area contributed by atoms with Crippen LogP contribution >= 0.6 is 0 Å². The number of alkyl halides is 3. The standard InChI is InChI=1S/C14H16F3NO2/c15-14(16,17)13(4-5-19-13)9-2-1-3-11(6-9)20-12-7-10(18)8-12/h1-3,6,10,12H,4-5,7-8,18H2/t10-,12-,13?. The fourth-order valence-electron chi connectivity index (χ4n) is 2.64. The third kappa shape index (κ3) is 2.16. The van der Waals surface area contributed by atoms with Gasteiger partial charge in [0.15, 0.2) is 5.60 Å². The van der Waals surface area contributed by atoms with Gasteiger partial charge in [-0.15, -0.1) is 0 Å². The smallest absolute Gasteiger partial charge is 0.421 e. The summed E-state index contributed by atoms with van der Waals surface area (Å²) in [4.78, 5) is 0. The van der Waals surface area contributed by atoms with Crippen LogP contribution in [0.1, 0.15) is 24.8 Å². The number of halogens is 3. The van der Waals surface area contributed by atoms with E-state index in [0.717, 1.165) is 12.8 Å². The fourth-order valence-corrected chi connectivity index (χ4v) is 2.64. The van der Waals surface area contributed by atoms with Crippen LogP contribution in [0.2, 0.25) is 0 Å². The molecule has 1 aliphatic carbocycles. The Morgan fingerprint density at radius 2 is 2.00 bits per heavy atom. The number of rotatable bonds is 3. The van der Waals surface area contributed by atoms with Crippen LogP contribution in [0.5, 0.6) is 5.75 Å². The van der Waals surface area contributed by atoms with Crippen LogP contribution in [-0.2, 0) is 10.3 Å². The second kappa shape index (κ2) is 4.63. The molecule has 0 aromatic heterocycles. The first-order valence-corrected chi connectivity index (χ1v) is 6.64. The van der Waals surface area contributed by atoms with E-state index in [0.29, 0.717) is 5.75 Å². The molecule has 6 heteroatoms. The zero-order valence-electron chi connectivity index (χ0n) is 10.8. The first kappa shape index (κ1) is 13.7. The van der Waals surface area contributed by atoms with Crippen LogP contribution in [0.3, 0.4) is 0 Å². The van der Waals surface area contributed by atoms with Gasteiger partial charge in [0.1, 0.15) is 11.9 Å². The molecule has 110 valence electrons. The minimum Gasteiger partial charge on any atom is -0.490 e. The van der Waals surface area contributed by atoms with Crippen LogP contribution < -0.4 is 10.5 Å². The number of nitrogens with two attached hydrogens (primary N) is 1. The lowest BCUT2D eigenvalue weighted by Crippen LogP contribution is -2.52. The molecule has 20 heavy (non-hydrogen) atoms. The maximum atomic E-state index is 13.2. The van der Waals surface area contributed by atoms with E-state index in [-0.39, 0.29) is 30.7 Å². The van der Waals surface area contributed by atoms with Crippen molar-refractivity contribution in [2.75, 3.05) is 6.61 Å². The molecule has 1 atom stereocenters. The topological polar surface area (TPSA) is 44.5 Å².